The van der Waals surface area contributed by atoms with Crippen molar-refractivity contribution in [2.45, 2.75) is 50.2 Å². The van der Waals surface area contributed by atoms with Crippen LogP contribution < -0.4 is 0 Å². The van der Waals surface area contributed by atoms with Gasteiger partial charge < -0.3 is 0 Å². The minimum atomic E-state index is -4.50. The second-order valence-electron chi connectivity index (χ2n) is 8.45. The lowest BCUT2D eigenvalue weighted by Gasteiger charge is -2.30. The number of alkyl halides is 3. The maximum atomic E-state index is 13.3. The predicted octanol–water partition coefficient (Wildman–Crippen LogP) is 5.99. The Balaban J connectivity index is 1.95. The van der Waals surface area contributed by atoms with Crippen LogP contribution in [0.25, 0.3) is 6.08 Å². The summed E-state index contributed by atoms with van der Waals surface area (Å²) in [5.74, 6) is 0. The van der Waals surface area contributed by atoms with Gasteiger partial charge in [-0.1, -0.05) is 56.3 Å². The quantitative estimate of drug-likeness (QED) is 0.589. The van der Waals surface area contributed by atoms with Crippen molar-refractivity contribution in [2.24, 2.45) is 5.41 Å². The van der Waals surface area contributed by atoms with Gasteiger partial charge >= 0.3 is 6.18 Å². The second kappa shape index (κ2) is 8.55. The van der Waals surface area contributed by atoms with Gasteiger partial charge in [0.05, 0.1) is 10.5 Å². The standard InChI is InChI=1S/C23H26F3NO2S/c1-22(2)15-6-16-27(20(17-22)12-9-18-7-4-3-5-8-18)30(28,29)21-13-10-19(11-14-21)23(24,25)26/h3-5,7-14,20H,6,15-17H2,1-2H3/b12-9+. The smallest absolute Gasteiger partial charge is 0.207 e. The molecule has 30 heavy (non-hydrogen) atoms. The molecule has 1 saturated heterocycles. The first-order valence-electron chi connectivity index (χ1n) is 9.91. The zero-order valence-electron chi connectivity index (χ0n) is 17.1. The van der Waals surface area contributed by atoms with E-state index < -0.39 is 21.8 Å². The topological polar surface area (TPSA) is 37.4 Å². The minimum absolute atomic E-state index is 0.0455. The maximum Gasteiger partial charge on any atom is 0.416 e. The monoisotopic (exact) mass is 437 g/mol. The average Bonchev–Trinajstić information content (AvgIpc) is 2.84. The Bertz CT molecular complexity index is 981. The van der Waals surface area contributed by atoms with Crippen LogP contribution in [0.1, 0.15) is 44.2 Å². The van der Waals surface area contributed by atoms with Crippen molar-refractivity contribution < 1.29 is 21.6 Å². The molecule has 1 fully saturated rings. The van der Waals surface area contributed by atoms with Crippen molar-refractivity contribution in [3.8, 4) is 0 Å². The van der Waals surface area contributed by atoms with Gasteiger partial charge in [0.2, 0.25) is 10.0 Å². The van der Waals surface area contributed by atoms with Crippen LogP contribution in [0.4, 0.5) is 13.2 Å². The SMILES string of the molecule is CC1(C)CCCN(S(=O)(=O)c2ccc(C(F)(F)F)cc2)C(/C=C/c2ccccc2)C1. The molecule has 1 atom stereocenters. The Kier molecular flexibility index (Phi) is 6.43. The first kappa shape index (κ1) is 22.6. The Morgan fingerprint density at radius 3 is 2.27 bits per heavy atom. The van der Waals surface area contributed by atoms with E-state index in [2.05, 4.69) is 13.8 Å². The lowest BCUT2D eigenvalue weighted by molar-refractivity contribution is -0.137. The van der Waals surface area contributed by atoms with E-state index >= 15 is 0 Å². The minimum Gasteiger partial charge on any atom is -0.207 e. The summed E-state index contributed by atoms with van der Waals surface area (Å²) >= 11 is 0. The van der Waals surface area contributed by atoms with E-state index in [1.807, 2.05) is 42.5 Å². The third-order valence-electron chi connectivity index (χ3n) is 5.46. The fourth-order valence-corrected chi connectivity index (χ4v) is 5.47. The number of nitrogens with zero attached hydrogens (tertiary/aromatic N) is 1. The van der Waals surface area contributed by atoms with E-state index in [-0.39, 0.29) is 16.4 Å². The maximum absolute atomic E-state index is 13.3. The summed E-state index contributed by atoms with van der Waals surface area (Å²) in [6, 6.07) is 13.0. The third-order valence-corrected chi connectivity index (χ3v) is 7.40. The number of sulfonamides is 1. The van der Waals surface area contributed by atoms with Crippen LogP contribution in [0.3, 0.4) is 0 Å². The number of hydrogen-bond acceptors (Lipinski definition) is 2. The summed E-state index contributed by atoms with van der Waals surface area (Å²) < 4.78 is 66.7. The molecule has 0 spiro atoms. The lowest BCUT2D eigenvalue weighted by atomic mass is 9.83. The molecule has 0 saturated carbocycles. The summed E-state index contributed by atoms with van der Waals surface area (Å²) in [5.41, 5.74) is 0.0567. The van der Waals surface area contributed by atoms with Crippen LogP contribution in [-0.4, -0.2) is 25.3 Å². The molecular formula is C23H26F3NO2S. The molecule has 0 aromatic heterocycles. The Morgan fingerprint density at radius 2 is 1.67 bits per heavy atom. The van der Waals surface area contributed by atoms with Gasteiger partial charge in [-0.3, -0.25) is 0 Å². The molecule has 0 bridgehead atoms. The molecule has 3 rings (SSSR count). The van der Waals surface area contributed by atoms with Gasteiger partial charge in [0, 0.05) is 12.6 Å². The Hall–Kier alpha value is -2.12. The van der Waals surface area contributed by atoms with Crippen LogP contribution >= 0.6 is 0 Å². The van der Waals surface area contributed by atoms with Gasteiger partial charge in [-0.05, 0) is 54.5 Å². The van der Waals surface area contributed by atoms with Crippen molar-refractivity contribution in [1.82, 2.24) is 4.31 Å². The van der Waals surface area contributed by atoms with Gasteiger partial charge in [0.25, 0.3) is 0 Å². The summed E-state index contributed by atoms with van der Waals surface area (Å²) in [4.78, 5) is -0.117. The predicted molar refractivity (Wildman–Crippen MR) is 112 cm³/mol. The van der Waals surface area contributed by atoms with Crippen LogP contribution in [0.15, 0.2) is 65.6 Å². The highest BCUT2D eigenvalue weighted by molar-refractivity contribution is 7.89. The molecule has 0 radical (unpaired) electrons. The van der Waals surface area contributed by atoms with Crippen LogP contribution in [-0.2, 0) is 16.2 Å². The number of benzene rings is 2. The van der Waals surface area contributed by atoms with Gasteiger partial charge in [-0.15, -0.1) is 0 Å². The zero-order valence-corrected chi connectivity index (χ0v) is 17.9. The molecule has 1 aliphatic heterocycles. The first-order chi connectivity index (χ1) is 14.0. The third kappa shape index (κ3) is 5.32. The van der Waals surface area contributed by atoms with Crippen LogP contribution in [0.5, 0.6) is 0 Å². The molecule has 0 amide bonds. The molecule has 3 nitrogen and oxygen atoms in total. The van der Waals surface area contributed by atoms with Crippen molar-refractivity contribution in [2.75, 3.05) is 6.54 Å². The molecule has 1 heterocycles. The van der Waals surface area contributed by atoms with E-state index in [0.717, 1.165) is 36.2 Å². The van der Waals surface area contributed by atoms with Gasteiger partial charge in [0.1, 0.15) is 0 Å². The Morgan fingerprint density at radius 1 is 1.03 bits per heavy atom. The fourth-order valence-electron chi connectivity index (χ4n) is 3.85. The molecule has 2 aromatic rings. The lowest BCUT2D eigenvalue weighted by Crippen LogP contribution is -2.39. The van der Waals surface area contributed by atoms with Gasteiger partial charge in [0.15, 0.2) is 0 Å². The molecular weight excluding hydrogens is 411 g/mol. The van der Waals surface area contributed by atoms with Gasteiger partial charge in [-0.2, -0.15) is 17.5 Å². The van der Waals surface area contributed by atoms with E-state index in [0.29, 0.717) is 19.4 Å². The van der Waals surface area contributed by atoms with Gasteiger partial charge in [-0.25, -0.2) is 8.42 Å². The molecule has 0 N–H and O–H groups in total. The summed E-state index contributed by atoms with van der Waals surface area (Å²) in [7, 11) is -3.94. The first-order valence-corrected chi connectivity index (χ1v) is 11.4. The normalized spacial score (nSPS) is 20.9. The largest absolute Gasteiger partial charge is 0.416 e. The number of halogens is 3. The Labute approximate surface area is 176 Å². The van der Waals surface area contributed by atoms with Crippen LogP contribution in [0, 0.1) is 5.41 Å². The molecule has 2 aromatic carbocycles. The highest BCUT2D eigenvalue weighted by Crippen LogP contribution is 2.37. The highest BCUT2D eigenvalue weighted by atomic mass is 32.2. The second-order valence-corrected chi connectivity index (χ2v) is 10.3. The molecule has 1 aliphatic rings. The van der Waals surface area contributed by atoms with E-state index in [4.69, 9.17) is 0 Å². The van der Waals surface area contributed by atoms with E-state index in [1.165, 1.54) is 4.31 Å². The van der Waals surface area contributed by atoms with Crippen molar-refractivity contribution in [3.63, 3.8) is 0 Å². The number of hydrogen-bond donors (Lipinski definition) is 0. The van der Waals surface area contributed by atoms with Crippen molar-refractivity contribution >= 4 is 16.1 Å². The summed E-state index contributed by atoms with van der Waals surface area (Å²) in [5, 5.41) is 0. The zero-order chi connectivity index (χ0) is 22.0. The van der Waals surface area contributed by atoms with E-state index in [9.17, 15) is 21.6 Å². The average molecular weight is 438 g/mol. The summed E-state index contributed by atoms with van der Waals surface area (Å²) in [6.45, 7) is 4.56. The molecule has 1 unspecified atom stereocenters. The molecule has 162 valence electrons. The molecule has 0 aliphatic carbocycles. The van der Waals surface area contributed by atoms with Crippen LogP contribution in [0.2, 0.25) is 0 Å². The highest BCUT2D eigenvalue weighted by Gasteiger charge is 2.37. The number of rotatable bonds is 4. The van der Waals surface area contributed by atoms with Crippen molar-refractivity contribution in [1.29, 1.82) is 0 Å². The fraction of sp³-hybridized carbons (Fsp3) is 0.391. The summed E-state index contributed by atoms with van der Waals surface area (Å²) in [6.07, 6.45) is 1.50. The molecule has 7 heteroatoms. The van der Waals surface area contributed by atoms with E-state index in [1.54, 1.807) is 0 Å². The van der Waals surface area contributed by atoms with Crippen molar-refractivity contribution in [3.05, 3.63) is 71.8 Å².